The van der Waals surface area contributed by atoms with E-state index >= 15 is 0 Å². The molecule has 4 heterocycles. The molecule has 4 aromatic heterocycles. The summed E-state index contributed by atoms with van der Waals surface area (Å²) < 4.78 is 30.9. The summed E-state index contributed by atoms with van der Waals surface area (Å²) in [5.74, 6) is -1.72. The summed E-state index contributed by atoms with van der Waals surface area (Å²) in [5, 5.41) is 4.76. The van der Waals surface area contributed by atoms with Crippen molar-refractivity contribution in [2.75, 3.05) is 0 Å². The highest BCUT2D eigenvalue weighted by Gasteiger charge is 2.38. The van der Waals surface area contributed by atoms with E-state index in [1.54, 1.807) is 4.68 Å². The van der Waals surface area contributed by atoms with Crippen molar-refractivity contribution < 1.29 is 8.78 Å². The monoisotopic (exact) mass is 424 g/mol. The molecule has 7 nitrogen and oxygen atoms in total. The SMILES string of the molecule is O=c1[nH]c(C2CCC2c2cn3ccccc3n2)nc2c1cnn2C1CCC(F)(F)CC1. The van der Waals surface area contributed by atoms with Crippen molar-refractivity contribution in [3.8, 4) is 0 Å². The van der Waals surface area contributed by atoms with Gasteiger partial charge in [-0.05, 0) is 37.8 Å². The Morgan fingerprint density at radius 1 is 1.06 bits per heavy atom. The van der Waals surface area contributed by atoms with Crippen LogP contribution < -0.4 is 5.56 Å². The molecule has 2 aliphatic carbocycles. The first-order valence-electron chi connectivity index (χ1n) is 10.8. The van der Waals surface area contributed by atoms with Gasteiger partial charge in [0, 0.05) is 37.1 Å². The maximum absolute atomic E-state index is 13.6. The molecule has 0 radical (unpaired) electrons. The summed E-state index contributed by atoms with van der Waals surface area (Å²) in [5.41, 5.74) is 2.16. The Kier molecular flexibility index (Phi) is 4.03. The second-order valence-corrected chi connectivity index (χ2v) is 8.79. The Morgan fingerprint density at radius 2 is 1.87 bits per heavy atom. The molecule has 9 heteroatoms. The molecule has 2 fully saturated rings. The number of H-pyrrole nitrogens is 1. The molecule has 2 unspecified atom stereocenters. The molecule has 2 aliphatic rings. The fraction of sp³-hybridized carbons (Fsp3) is 0.455. The fourth-order valence-electron chi connectivity index (χ4n) is 4.98. The molecular weight excluding hydrogens is 402 g/mol. The van der Waals surface area contributed by atoms with Gasteiger partial charge in [-0.25, -0.2) is 23.4 Å². The molecular formula is C22H22F2N6O. The summed E-state index contributed by atoms with van der Waals surface area (Å²) in [6.07, 6.45) is 7.75. The van der Waals surface area contributed by atoms with Crippen molar-refractivity contribution in [2.24, 2.45) is 0 Å². The molecule has 0 amide bonds. The van der Waals surface area contributed by atoms with E-state index in [1.165, 1.54) is 6.20 Å². The number of imidazole rings is 1. The van der Waals surface area contributed by atoms with E-state index in [0.717, 1.165) is 24.2 Å². The van der Waals surface area contributed by atoms with Gasteiger partial charge in [0.05, 0.1) is 17.9 Å². The number of hydrogen-bond acceptors (Lipinski definition) is 4. The predicted molar refractivity (Wildman–Crippen MR) is 111 cm³/mol. The lowest BCUT2D eigenvalue weighted by molar-refractivity contribution is -0.0446. The highest BCUT2D eigenvalue weighted by atomic mass is 19.3. The standard InChI is InChI=1S/C22H22F2N6O/c23-22(24)8-6-13(7-9-22)30-20-16(11-25-30)21(31)28-19(27-20)15-5-4-14(15)17-12-29-10-2-1-3-18(29)26-17/h1-3,10-15H,4-9H2,(H,27,28,31). The van der Waals surface area contributed by atoms with Gasteiger partial charge in [-0.3, -0.25) is 4.79 Å². The Bertz CT molecular complexity index is 1300. The van der Waals surface area contributed by atoms with Gasteiger partial charge in [-0.2, -0.15) is 5.10 Å². The Morgan fingerprint density at radius 3 is 2.61 bits per heavy atom. The van der Waals surface area contributed by atoms with Crippen molar-refractivity contribution in [2.45, 2.75) is 62.3 Å². The normalized spacial score (nSPS) is 23.9. The average Bonchev–Trinajstić information content (AvgIpc) is 3.31. The van der Waals surface area contributed by atoms with Crippen LogP contribution in [-0.4, -0.2) is 35.1 Å². The van der Waals surface area contributed by atoms with Crippen LogP contribution in [-0.2, 0) is 0 Å². The van der Waals surface area contributed by atoms with Gasteiger partial charge in [0.25, 0.3) is 5.56 Å². The van der Waals surface area contributed by atoms with Crippen molar-refractivity contribution in [3.05, 3.63) is 58.7 Å². The van der Waals surface area contributed by atoms with Crippen LogP contribution in [0, 0.1) is 0 Å². The van der Waals surface area contributed by atoms with Crippen LogP contribution in [0.2, 0.25) is 0 Å². The number of alkyl halides is 2. The van der Waals surface area contributed by atoms with E-state index in [-0.39, 0.29) is 36.3 Å². The van der Waals surface area contributed by atoms with Gasteiger partial charge in [0.1, 0.15) is 16.9 Å². The summed E-state index contributed by atoms with van der Waals surface area (Å²) in [6.45, 7) is 0. The lowest BCUT2D eigenvalue weighted by atomic mass is 9.71. The van der Waals surface area contributed by atoms with Gasteiger partial charge in [0.2, 0.25) is 5.92 Å². The second-order valence-electron chi connectivity index (χ2n) is 8.79. The van der Waals surface area contributed by atoms with Crippen molar-refractivity contribution in [1.82, 2.24) is 29.1 Å². The summed E-state index contributed by atoms with van der Waals surface area (Å²) in [7, 11) is 0. The summed E-state index contributed by atoms with van der Waals surface area (Å²) in [6, 6.07) is 5.73. The predicted octanol–water partition coefficient (Wildman–Crippen LogP) is 4.18. The lowest BCUT2D eigenvalue weighted by Gasteiger charge is -2.34. The number of nitrogens with zero attached hydrogens (tertiary/aromatic N) is 5. The van der Waals surface area contributed by atoms with Gasteiger partial charge in [-0.1, -0.05) is 6.07 Å². The van der Waals surface area contributed by atoms with Crippen molar-refractivity contribution in [3.63, 3.8) is 0 Å². The van der Waals surface area contributed by atoms with Crippen molar-refractivity contribution >= 4 is 16.7 Å². The molecule has 1 N–H and O–H groups in total. The third kappa shape index (κ3) is 3.05. The fourth-order valence-corrected chi connectivity index (χ4v) is 4.98. The molecule has 6 rings (SSSR count). The van der Waals surface area contributed by atoms with E-state index in [2.05, 4.69) is 10.1 Å². The number of fused-ring (bicyclic) bond motifs is 2. The number of pyridine rings is 1. The number of rotatable bonds is 3. The number of nitrogens with one attached hydrogen (secondary N) is 1. The first-order valence-corrected chi connectivity index (χ1v) is 10.8. The maximum atomic E-state index is 13.6. The largest absolute Gasteiger partial charge is 0.310 e. The van der Waals surface area contributed by atoms with E-state index in [1.807, 2.05) is 35.0 Å². The zero-order valence-electron chi connectivity index (χ0n) is 16.8. The second kappa shape index (κ2) is 6.70. The lowest BCUT2D eigenvalue weighted by Crippen LogP contribution is -2.28. The Hall–Kier alpha value is -3.10. The third-order valence-corrected chi connectivity index (χ3v) is 6.90. The Labute approximate surface area is 176 Å². The van der Waals surface area contributed by atoms with E-state index in [4.69, 9.17) is 9.97 Å². The van der Waals surface area contributed by atoms with Crippen LogP contribution in [0.4, 0.5) is 8.78 Å². The molecule has 0 aliphatic heterocycles. The summed E-state index contributed by atoms with van der Waals surface area (Å²) in [4.78, 5) is 25.2. The molecule has 0 bridgehead atoms. The van der Waals surface area contributed by atoms with E-state index in [9.17, 15) is 13.6 Å². The number of hydrogen-bond donors (Lipinski definition) is 1. The molecule has 4 aromatic rings. The van der Waals surface area contributed by atoms with Crippen LogP contribution in [0.3, 0.4) is 0 Å². The van der Waals surface area contributed by atoms with Crippen LogP contribution in [0.1, 0.15) is 67.9 Å². The smallest absolute Gasteiger partial charge is 0.262 e. The van der Waals surface area contributed by atoms with Gasteiger partial charge in [-0.15, -0.1) is 0 Å². The quantitative estimate of drug-likeness (QED) is 0.535. The minimum absolute atomic E-state index is 0.0704. The van der Waals surface area contributed by atoms with Gasteiger partial charge in [0.15, 0.2) is 5.65 Å². The molecule has 31 heavy (non-hydrogen) atoms. The van der Waals surface area contributed by atoms with E-state index < -0.39 is 5.92 Å². The van der Waals surface area contributed by atoms with Crippen LogP contribution in [0.25, 0.3) is 16.7 Å². The molecule has 160 valence electrons. The first kappa shape index (κ1) is 18.7. The molecule has 0 saturated heterocycles. The number of aromatic amines is 1. The Balaban J connectivity index is 1.35. The minimum atomic E-state index is -2.61. The number of halogens is 2. The van der Waals surface area contributed by atoms with Crippen molar-refractivity contribution in [1.29, 1.82) is 0 Å². The summed E-state index contributed by atoms with van der Waals surface area (Å²) >= 11 is 0. The van der Waals surface area contributed by atoms with Gasteiger partial charge < -0.3 is 9.38 Å². The minimum Gasteiger partial charge on any atom is -0.310 e. The zero-order valence-corrected chi connectivity index (χ0v) is 16.8. The molecule has 0 spiro atoms. The molecule has 0 aromatic carbocycles. The first-order chi connectivity index (χ1) is 15.0. The topological polar surface area (TPSA) is 80.9 Å². The number of aromatic nitrogens is 6. The average molecular weight is 424 g/mol. The highest BCUT2D eigenvalue weighted by Crippen LogP contribution is 2.47. The van der Waals surface area contributed by atoms with Crippen LogP contribution >= 0.6 is 0 Å². The van der Waals surface area contributed by atoms with Crippen LogP contribution in [0.5, 0.6) is 0 Å². The molecule has 2 atom stereocenters. The molecule has 2 saturated carbocycles. The van der Waals surface area contributed by atoms with Crippen LogP contribution in [0.15, 0.2) is 41.6 Å². The van der Waals surface area contributed by atoms with E-state index in [0.29, 0.717) is 29.7 Å². The maximum Gasteiger partial charge on any atom is 0.262 e. The highest BCUT2D eigenvalue weighted by molar-refractivity contribution is 5.73. The third-order valence-electron chi connectivity index (χ3n) is 6.90. The zero-order chi connectivity index (χ0) is 21.2. The van der Waals surface area contributed by atoms with Gasteiger partial charge >= 0.3 is 0 Å².